The van der Waals surface area contributed by atoms with Crippen molar-refractivity contribution in [1.82, 2.24) is 4.31 Å². The van der Waals surface area contributed by atoms with Crippen molar-refractivity contribution in [2.24, 2.45) is 0 Å². The van der Waals surface area contributed by atoms with Crippen molar-refractivity contribution >= 4 is 21.6 Å². The van der Waals surface area contributed by atoms with Crippen molar-refractivity contribution in [1.29, 1.82) is 0 Å². The highest BCUT2D eigenvalue weighted by atomic mass is 35.5. The number of rotatable bonds is 2. The predicted molar refractivity (Wildman–Crippen MR) is 70.2 cm³/mol. The Kier molecular flexibility index (Phi) is 3.96. The highest BCUT2D eigenvalue weighted by molar-refractivity contribution is 7.89. The summed E-state index contributed by atoms with van der Waals surface area (Å²) in [5.74, 6) is 0. The minimum Gasteiger partial charge on any atom is -0.378 e. The van der Waals surface area contributed by atoms with Crippen LogP contribution in [0.4, 0.5) is 0 Å². The van der Waals surface area contributed by atoms with E-state index in [0.29, 0.717) is 18.2 Å². The zero-order chi connectivity index (χ0) is 13.3. The highest BCUT2D eigenvalue weighted by Gasteiger charge is 2.36. The molecule has 2 atom stereocenters. The topological polar surface area (TPSA) is 46.6 Å². The second kappa shape index (κ2) is 5.17. The van der Waals surface area contributed by atoms with Crippen LogP contribution in [0.5, 0.6) is 0 Å². The van der Waals surface area contributed by atoms with Crippen LogP contribution < -0.4 is 0 Å². The van der Waals surface area contributed by atoms with Crippen molar-refractivity contribution in [2.75, 3.05) is 13.2 Å². The smallest absolute Gasteiger partial charge is 0.243 e. The molecule has 2 rings (SSSR count). The van der Waals surface area contributed by atoms with Gasteiger partial charge in [-0.3, -0.25) is 0 Å². The van der Waals surface area contributed by atoms with E-state index in [1.807, 2.05) is 13.8 Å². The van der Waals surface area contributed by atoms with E-state index in [1.165, 1.54) is 16.4 Å². The second-order valence-electron chi connectivity index (χ2n) is 4.52. The summed E-state index contributed by atoms with van der Waals surface area (Å²) in [4.78, 5) is 0.271. The van der Waals surface area contributed by atoms with Crippen molar-refractivity contribution in [3.63, 3.8) is 0 Å². The van der Waals surface area contributed by atoms with E-state index < -0.39 is 10.0 Å². The van der Waals surface area contributed by atoms with Gasteiger partial charge in [-0.15, -0.1) is 0 Å². The van der Waals surface area contributed by atoms with Gasteiger partial charge in [-0.05, 0) is 38.1 Å². The zero-order valence-corrected chi connectivity index (χ0v) is 11.9. The molecule has 1 saturated heterocycles. The van der Waals surface area contributed by atoms with Gasteiger partial charge in [0.15, 0.2) is 0 Å². The van der Waals surface area contributed by atoms with Gasteiger partial charge < -0.3 is 4.74 Å². The van der Waals surface area contributed by atoms with Gasteiger partial charge >= 0.3 is 0 Å². The molecule has 2 unspecified atom stereocenters. The number of hydrogen-bond donors (Lipinski definition) is 0. The van der Waals surface area contributed by atoms with Crippen molar-refractivity contribution in [3.8, 4) is 0 Å². The fourth-order valence-electron chi connectivity index (χ4n) is 2.19. The van der Waals surface area contributed by atoms with Gasteiger partial charge in [0, 0.05) is 17.1 Å². The van der Waals surface area contributed by atoms with Crippen molar-refractivity contribution < 1.29 is 13.2 Å². The molecule has 0 N–H and O–H groups in total. The molecule has 1 aromatic rings. The third-order valence-electron chi connectivity index (χ3n) is 2.98. The first-order chi connectivity index (χ1) is 8.43. The molecule has 0 bridgehead atoms. The molecule has 6 heteroatoms. The number of halogens is 1. The quantitative estimate of drug-likeness (QED) is 0.838. The average Bonchev–Trinajstić information content (AvgIpc) is 2.29. The molecule has 0 aliphatic carbocycles. The summed E-state index contributed by atoms with van der Waals surface area (Å²) in [6.07, 6.45) is 0. The van der Waals surface area contributed by atoms with Gasteiger partial charge in [-0.1, -0.05) is 11.6 Å². The predicted octanol–water partition coefficient (Wildman–Crippen LogP) is 2.14. The summed E-state index contributed by atoms with van der Waals surface area (Å²) in [5.41, 5.74) is 0. The van der Waals surface area contributed by atoms with Crippen LogP contribution in [0.25, 0.3) is 0 Å². The minimum absolute atomic E-state index is 0.158. The molecule has 0 amide bonds. The zero-order valence-electron chi connectivity index (χ0n) is 10.3. The Labute approximate surface area is 113 Å². The first kappa shape index (κ1) is 13.8. The second-order valence-corrected chi connectivity index (χ2v) is 6.80. The first-order valence-corrected chi connectivity index (χ1v) is 7.61. The molecule has 1 aromatic carbocycles. The van der Waals surface area contributed by atoms with Crippen LogP contribution in [0.15, 0.2) is 29.2 Å². The van der Waals surface area contributed by atoms with E-state index in [1.54, 1.807) is 12.1 Å². The van der Waals surface area contributed by atoms with Gasteiger partial charge in [0.1, 0.15) is 0 Å². The van der Waals surface area contributed by atoms with E-state index in [2.05, 4.69) is 0 Å². The SMILES string of the molecule is CC1COCC(C)N1S(=O)(=O)c1ccc(Cl)cc1. The lowest BCUT2D eigenvalue weighted by Crippen LogP contribution is -2.52. The molecule has 0 radical (unpaired) electrons. The Morgan fingerprint density at radius 3 is 2.17 bits per heavy atom. The molecule has 0 spiro atoms. The molecule has 4 nitrogen and oxygen atoms in total. The van der Waals surface area contributed by atoms with Gasteiger partial charge in [-0.2, -0.15) is 4.31 Å². The molecule has 1 aliphatic rings. The van der Waals surface area contributed by atoms with Crippen LogP contribution in [-0.4, -0.2) is 38.0 Å². The number of ether oxygens (including phenoxy) is 1. The van der Waals surface area contributed by atoms with Crippen molar-refractivity contribution in [2.45, 2.75) is 30.8 Å². The fourth-order valence-corrected chi connectivity index (χ4v) is 4.11. The summed E-state index contributed by atoms with van der Waals surface area (Å²) in [6, 6.07) is 5.93. The summed E-state index contributed by atoms with van der Waals surface area (Å²) in [6.45, 7) is 4.56. The Morgan fingerprint density at radius 1 is 1.17 bits per heavy atom. The average molecular weight is 290 g/mol. The number of sulfonamides is 1. The molecule has 1 aliphatic heterocycles. The van der Waals surface area contributed by atoms with Gasteiger partial charge in [-0.25, -0.2) is 8.42 Å². The number of morpholine rings is 1. The molecular weight excluding hydrogens is 274 g/mol. The summed E-state index contributed by atoms with van der Waals surface area (Å²) < 4.78 is 32.0. The van der Waals surface area contributed by atoms with Crippen LogP contribution in [-0.2, 0) is 14.8 Å². The van der Waals surface area contributed by atoms with Gasteiger partial charge in [0.05, 0.1) is 18.1 Å². The maximum atomic E-state index is 12.5. The van der Waals surface area contributed by atoms with Crippen LogP contribution in [0, 0.1) is 0 Å². The largest absolute Gasteiger partial charge is 0.378 e. The van der Waals surface area contributed by atoms with Crippen LogP contribution >= 0.6 is 11.6 Å². The van der Waals surface area contributed by atoms with E-state index in [9.17, 15) is 8.42 Å². The monoisotopic (exact) mass is 289 g/mol. The number of benzene rings is 1. The highest BCUT2D eigenvalue weighted by Crippen LogP contribution is 2.25. The Bertz CT molecular complexity index is 505. The third-order valence-corrected chi connectivity index (χ3v) is 5.37. The minimum atomic E-state index is -3.48. The molecule has 1 heterocycles. The maximum absolute atomic E-state index is 12.5. The number of nitrogens with zero attached hydrogens (tertiary/aromatic N) is 1. The lowest BCUT2D eigenvalue weighted by Gasteiger charge is -2.37. The van der Waals surface area contributed by atoms with Crippen LogP contribution in [0.2, 0.25) is 5.02 Å². The third kappa shape index (κ3) is 2.54. The molecule has 0 aromatic heterocycles. The Balaban J connectivity index is 2.38. The first-order valence-electron chi connectivity index (χ1n) is 5.80. The lowest BCUT2D eigenvalue weighted by molar-refractivity contribution is 0.00636. The van der Waals surface area contributed by atoms with E-state index >= 15 is 0 Å². The van der Waals surface area contributed by atoms with Gasteiger partial charge in [0.2, 0.25) is 10.0 Å². The van der Waals surface area contributed by atoms with Crippen LogP contribution in [0.1, 0.15) is 13.8 Å². The normalized spacial score (nSPS) is 26.2. The fraction of sp³-hybridized carbons (Fsp3) is 0.500. The molecular formula is C12H16ClNO3S. The Hall–Kier alpha value is -0.620. The number of hydrogen-bond acceptors (Lipinski definition) is 3. The van der Waals surface area contributed by atoms with Crippen LogP contribution in [0.3, 0.4) is 0 Å². The summed E-state index contributed by atoms with van der Waals surface area (Å²) >= 11 is 5.78. The van der Waals surface area contributed by atoms with E-state index in [-0.39, 0.29) is 17.0 Å². The van der Waals surface area contributed by atoms with E-state index in [4.69, 9.17) is 16.3 Å². The maximum Gasteiger partial charge on any atom is 0.243 e. The molecule has 1 fully saturated rings. The standard InChI is InChI=1S/C12H16ClNO3S/c1-9-7-17-8-10(2)14(9)18(15,16)12-5-3-11(13)4-6-12/h3-6,9-10H,7-8H2,1-2H3. The molecule has 0 saturated carbocycles. The summed E-state index contributed by atoms with van der Waals surface area (Å²) in [5, 5.41) is 0.525. The molecule has 18 heavy (non-hydrogen) atoms. The van der Waals surface area contributed by atoms with Gasteiger partial charge in [0.25, 0.3) is 0 Å². The summed E-state index contributed by atoms with van der Waals surface area (Å²) in [7, 11) is -3.48. The van der Waals surface area contributed by atoms with Crippen molar-refractivity contribution in [3.05, 3.63) is 29.3 Å². The van der Waals surface area contributed by atoms with E-state index in [0.717, 1.165) is 0 Å². The lowest BCUT2D eigenvalue weighted by atomic mass is 10.2. The Morgan fingerprint density at radius 2 is 1.67 bits per heavy atom. The molecule has 100 valence electrons.